The number of sulfonamides is 1. The summed E-state index contributed by atoms with van der Waals surface area (Å²) in [6, 6.07) is 1.93. The Balaban J connectivity index is 1.99. The van der Waals surface area contributed by atoms with Gasteiger partial charge in [0.25, 0.3) is 0 Å². The van der Waals surface area contributed by atoms with Crippen LogP contribution >= 0.6 is 0 Å². The molecule has 0 atom stereocenters. The van der Waals surface area contributed by atoms with Crippen molar-refractivity contribution in [3.8, 4) is 0 Å². The average Bonchev–Trinajstić information content (AvgIpc) is 2.53. The largest absolute Gasteiger partial charge is 0.363 e. The Morgan fingerprint density at radius 3 is 2.28 bits per heavy atom. The van der Waals surface area contributed by atoms with Crippen molar-refractivity contribution in [2.24, 2.45) is 0 Å². The van der Waals surface area contributed by atoms with E-state index in [2.05, 4.69) is 14.9 Å². The third kappa shape index (κ3) is 5.02. The molecule has 1 aromatic heterocycles. The van der Waals surface area contributed by atoms with Crippen LogP contribution in [0, 0.1) is 6.92 Å². The molecule has 1 fully saturated rings. The first-order valence-corrected chi connectivity index (χ1v) is 9.90. The zero-order chi connectivity index (χ0) is 18.8. The van der Waals surface area contributed by atoms with Crippen LogP contribution in [0.1, 0.15) is 5.82 Å². The highest BCUT2D eigenvalue weighted by atomic mass is 32.2. The van der Waals surface area contributed by atoms with Gasteiger partial charge in [-0.05, 0) is 6.92 Å². The van der Waals surface area contributed by atoms with Crippen molar-refractivity contribution in [3.05, 3.63) is 11.9 Å². The van der Waals surface area contributed by atoms with E-state index in [9.17, 15) is 13.2 Å². The summed E-state index contributed by atoms with van der Waals surface area (Å²) in [6.45, 7) is 4.11. The smallest absolute Gasteiger partial charge is 0.238 e. The normalized spacial score (nSPS) is 15.6. The predicted molar refractivity (Wildman–Crippen MR) is 97.4 cm³/mol. The average molecular weight is 370 g/mol. The molecule has 0 bridgehead atoms. The highest BCUT2D eigenvalue weighted by molar-refractivity contribution is 7.88. The van der Waals surface area contributed by atoms with Crippen molar-refractivity contribution in [2.45, 2.75) is 6.92 Å². The number of carbonyl (C=O) groups excluding carboxylic acids is 1. The highest BCUT2D eigenvalue weighted by Crippen LogP contribution is 2.19. The fourth-order valence-corrected chi connectivity index (χ4v) is 2.87. The van der Waals surface area contributed by atoms with Crippen LogP contribution in [0.2, 0.25) is 0 Å². The summed E-state index contributed by atoms with van der Waals surface area (Å²) >= 11 is 0. The van der Waals surface area contributed by atoms with Gasteiger partial charge in [-0.25, -0.2) is 18.4 Å². The van der Waals surface area contributed by atoms with Gasteiger partial charge in [-0.2, -0.15) is 4.31 Å². The molecule has 1 aliphatic rings. The Bertz CT molecular complexity index is 729. The minimum Gasteiger partial charge on any atom is -0.363 e. The van der Waals surface area contributed by atoms with Crippen LogP contribution < -0.4 is 9.80 Å². The third-order valence-electron chi connectivity index (χ3n) is 4.15. The molecule has 0 saturated carbocycles. The van der Waals surface area contributed by atoms with Crippen molar-refractivity contribution in [1.29, 1.82) is 0 Å². The zero-order valence-electron chi connectivity index (χ0n) is 15.4. The van der Waals surface area contributed by atoms with E-state index in [1.165, 1.54) is 7.05 Å². The molecule has 9 nitrogen and oxygen atoms in total. The SMILES string of the molecule is Cc1nc(N(C)C)cc(N2CCN(C(=O)CN(C)S(C)(=O)=O)CC2)n1. The summed E-state index contributed by atoms with van der Waals surface area (Å²) in [4.78, 5) is 26.9. The molecule has 2 heterocycles. The van der Waals surface area contributed by atoms with Crippen LogP contribution in [-0.2, 0) is 14.8 Å². The summed E-state index contributed by atoms with van der Waals surface area (Å²) in [7, 11) is 1.92. The van der Waals surface area contributed by atoms with Crippen LogP contribution in [0.5, 0.6) is 0 Å². The van der Waals surface area contributed by atoms with Gasteiger partial charge in [-0.15, -0.1) is 0 Å². The lowest BCUT2D eigenvalue weighted by atomic mass is 10.3. The molecule has 0 spiro atoms. The standard InChI is InChI=1S/C15H26N6O3S/c1-12-16-13(18(2)3)10-14(17-12)20-6-8-21(9-7-20)15(22)11-19(4)25(5,23)24/h10H,6-9,11H2,1-5H3. The number of piperazine rings is 1. The number of aryl methyl sites for hydroxylation is 1. The Hall–Kier alpha value is -1.94. The maximum absolute atomic E-state index is 12.3. The van der Waals surface area contributed by atoms with E-state index >= 15 is 0 Å². The Morgan fingerprint density at radius 2 is 1.76 bits per heavy atom. The molecule has 25 heavy (non-hydrogen) atoms. The second-order valence-electron chi connectivity index (χ2n) is 6.41. The van der Waals surface area contributed by atoms with Crippen LogP contribution in [0.25, 0.3) is 0 Å². The number of hydrogen-bond donors (Lipinski definition) is 0. The molecule has 0 aliphatic carbocycles. The van der Waals surface area contributed by atoms with Crippen LogP contribution in [-0.4, -0.2) is 93.6 Å². The number of nitrogens with zero attached hydrogens (tertiary/aromatic N) is 6. The first kappa shape index (κ1) is 19.4. The van der Waals surface area contributed by atoms with E-state index in [0.29, 0.717) is 32.0 Å². The van der Waals surface area contributed by atoms with Crippen molar-refractivity contribution in [1.82, 2.24) is 19.2 Å². The fourth-order valence-electron chi connectivity index (χ4n) is 2.52. The summed E-state index contributed by atoms with van der Waals surface area (Å²) < 4.78 is 23.9. The molecule has 2 rings (SSSR count). The van der Waals surface area contributed by atoms with Crippen molar-refractivity contribution in [3.63, 3.8) is 0 Å². The van der Waals surface area contributed by atoms with Gasteiger partial charge in [-0.1, -0.05) is 0 Å². The quantitative estimate of drug-likeness (QED) is 0.683. The monoisotopic (exact) mass is 370 g/mol. The molecular formula is C15H26N6O3S. The minimum atomic E-state index is -3.35. The van der Waals surface area contributed by atoms with E-state index in [-0.39, 0.29) is 12.5 Å². The second-order valence-corrected chi connectivity index (χ2v) is 8.50. The maximum Gasteiger partial charge on any atom is 0.238 e. The molecule has 1 aromatic rings. The number of carbonyl (C=O) groups is 1. The van der Waals surface area contributed by atoms with Gasteiger partial charge >= 0.3 is 0 Å². The summed E-state index contributed by atoms with van der Waals surface area (Å²) in [5, 5.41) is 0. The van der Waals surface area contributed by atoms with Crippen molar-refractivity contribution < 1.29 is 13.2 Å². The van der Waals surface area contributed by atoms with E-state index in [4.69, 9.17) is 0 Å². The fraction of sp³-hybridized carbons (Fsp3) is 0.667. The molecule has 140 valence electrons. The minimum absolute atomic E-state index is 0.129. The van der Waals surface area contributed by atoms with Crippen molar-refractivity contribution in [2.75, 3.05) is 69.9 Å². The summed E-state index contributed by atoms with van der Waals surface area (Å²) in [5.41, 5.74) is 0. The number of aromatic nitrogens is 2. The number of hydrogen-bond acceptors (Lipinski definition) is 7. The molecule has 10 heteroatoms. The van der Waals surface area contributed by atoms with E-state index in [1.54, 1.807) is 4.90 Å². The molecular weight excluding hydrogens is 344 g/mol. The number of amides is 1. The van der Waals surface area contributed by atoms with E-state index in [1.807, 2.05) is 32.0 Å². The van der Waals surface area contributed by atoms with Gasteiger partial charge in [0, 0.05) is 53.4 Å². The van der Waals surface area contributed by atoms with Crippen LogP contribution in [0.15, 0.2) is 6.07 Å². The van der Waals surface area contributed by atoms with Gasteiger partial charge in [0.05, 0.1) is 12.8 Å². The molecule has 1 amide bonds. The first-order valence-electron chi connectivity index (χ1n) is 8.05. The maximum atomic E-state index is 12.3. The number of anilines is 2. The zero-order valence-corrected chi connectivity index (χ0v) is 16.2. The lowest BCUT2D eigenvalue weighted by Crippen LogP contribution is -2.51. The van der Waals surface area contributed by atoms with Gasteiger partial charge < -0.3 is 14.7 Å². The summed E-state index contributed by atoms with van der Waals surface area (Å²) in [5.74, 6) is 2.21. The van der Waals surface area contributed by atoms with Gasteiger partial charge in [0.15, 0.2) is 0 Å². The van der Waals surface area contributed by atoms with E-state index in [0.717, 1.165) is 22.2 Å². The molecule has 0 unspecified atom stereocenters. The molecule has 0 aromatic carbocycles. The summed E-state index contributed by atoms with van der Waals surface area (Å²) in [6.07, 6.45) is 1.10. The van der Waals surface area contributed by atoms with Gasteiger partial charge in [-0.3, -0.25) is 4.79 Å². The van der Waals surface area contributed by atoms with Crippen LogP contribution in [0.3, 0.4) is 0 Å². The van der Waals surface area contributed by atoms with Crippen molar-refractivity contribution >= 4 is 27.6 Å². The lowest BCUT2D eigenvalue weighted by molar-refractivity contribution is -0.131. The number of rotatable bonds is 5. The molecule has 1 aliphatic heterocycles. The molecule has 0 N–H and O–H groups in total. The Kier molecular flexibility index (Phi) is 5.83. The molecule has 0 radical (unpaired) electrons. The highest BCUT2D eigenvalue weighted by Gasteiger charge is 2.25. The third-order valence-corrected chi connectivity index (χ3v) is 5.41. The Morgan fingerprint density at radius 1 is 1.16 bits per heavy atom. The van der Waals surface area contributed by atoms with Gasteiger partial charge in [0.1, 0.15) is 17.5 Å². The molecule has 1 saturated heterocycles. The lowest BCUT2D eigenvalue weighted by Gasteiger charge is -2.36. The number of likely N-dealkylation sites (N-methyl/N-ethyl adjacent to an activating group) is 1. The topological polar surface area (TPSA) is 90.0 Å². The first-order chi connectivity index (χ1) is 11.6. The van der Waals surface area contributed by atoms with Crippen LogP contribution in [0.4, 0.5) is 11.6 Å². The second kappa shape index (κ2) is 7.52. The van der Waals surface area contributed by atoms with E-state index < -0.39 is 10.0 Å². The Labute approximate surface area is 149 Å². The predicted octanol–water partition coefficient (Wildman–Crippen LogP) is -0.609. The van der Waals surface area contributed by atoms with Gasteiger partial charge in [0.2, 0.25) is 15.9 Å².